The summed E-state index contributed by atoms with van der Waals surface area (Å²) in [7, 11) is 0. The number of rotatable bonds is 6. The second-order valence-corrected chi connectivity index (χ2v) is 9.03. The Bertz CT molecular complexity index is 1300. The number of nitrogens with one attached hydrogen (secondary N) is 1. The molecule has 0 radical (unpaired) electrons. The van der Waals surface area contributed by atoms with E-state index in [0.29, 0.717) is 35.7 Å². The summed E-state index contributed by atoms with van der Waals surface area (Å²) in [6, 6.07) is 18.6. The number of benzene rings is 2. The van der Waals surface area contributed by atoms with Crippen LogP contribution in [0.25, 0.3) is 16.9 Å². The van der Waals surface area contributed by atoms with Crippen molar-refractivity contribution in [2.24, 2.45) is 0 Å². The number of nitrogens with zero attached hydrogens (tertiary/aromatic N) is 4. The van der Waals surface area contributed by atoms with Gasteiger partial charge in [-0.3, -0.25) is 4.79 Å². The molecule has 1 amide bonds. The zero-order valence-corrected chi connectivity index (χ0v) is 20.0. The summed E-state index contributed by atoms with van der Waals surface area (Å²) in [5, 5.41) is 18.3. The van der Waals surface area contributed by atoms with E-state index in [1.807, 2.05) is 53.4 Å². The number of piperidine rings is 1. The molecule has 1 aliphatic rings. The molecule has 1 aliphatic heterocycles. The Morgan fingerprint density at radius 2 is 1.85 bits per heavy atom. The second-order valence-electron chi connectivity index (χ2n) is 8.17. The Morgan fingerprint density at radius 3 is 2.62 bits per heavy atom. The molecule has 1 fully saturated rings. The van der Waals surface area contributed by atoms with Crippen molar-refractivity contribution < 1.29 is 14.6 Å². The van der Waals surface area contributed by atoms with Crippen molar-refractivity contribution in [3.05, 3.63) is 71.3 Å². The summed E-state index contributed by atoms with van der Waals surface area (Å²) < 4.78 is 8.13. The van der Waals surface area contributed by atoms with Crippen molar-refractivity contribution >= 4 is 33.3 Å². The average molecular weight is 522 g/mol. The fraction of sp³-hybridized carbons (Fsp3) is 0.240. The molecule has 0 unspecified atom stereocenters. The van der Waals surface area contributed by atoms with Crippen LogP contribution in [-0.4, -0.2) is 56.2 Å². The van der Waals surface area contributed by atoms with Crippen molar-refractivity contribution in [2.75, 3.05) is 25.0 Å². The van der Waals surface area contributed by atoms with Gasteiger partial charge in [0.15, 0.2) is 12.3 Å². The van der Waals surface area contributed by atoms with Crippen LogP contribution < -0.4 is 10.1 Å². The number of anilines is 1. The first kappa shape index (κ1) is 22.2. The number of hydrogen-bond acceptors (Lipinski definition) is 6. The Kier molecular flexibility index (Phi) is 6.35. The number of carbonyl (C=O) groups is 1. The molecule has 0 spiro atoms. The van der Waals surface area contributed by atoms with Crippen molar-refractivity contribution in [1.29, 1.82) is 0 Å². The lowest BCUT2D eigenvalue weighted by Crippen LogP contribution is -2.44. The predicted octanol–water partition coefficient (Wildman–Crippen LogP) is 4.35. The summed E-state index contributed by atoms with van der Waals surface area (Å²) >= 11 is 3.51. The van der Waals surface area contributed by atoms with Crippen LogP contribution in [0.3, 0.4) is 0 Å². The first-order valence-corrected chi connectivity index (χ1v) is 11.9. The number of likely N-dealkylation sites (tertiary alicyclic amines) is 1. The predicted molar refractivity (Wildman–Crippen MR) is 133 cm³/mol. The number of halogens is 1. The molecule has 3 heterocycles. The molecule has 1 saturated heterocycles. The van der Waals surface area contributed by atoms with Crippen LogP contribution in [0.1, 0.15) is 12.8 Å². The van der Waals surface area contributed by atoms with E-state index in [4.69, 9.17) is 4.74 Å². The van der Waals surface area contributed by atoms with Gasteiger partial charge in [0.1, 0.15) is 17.3 Å². The molecule has 4 aromatic rings. The third-order valence-corrected chi connectivity index (χ3v) is 6.47. The van der Waals surface area contributed by atoms with Gasteiger partial charge in [0.2, 0.25) is 0 Å². The number of para-hydroxylation sites is 2. The standard InChI is InChI=1S/C25H24BrN5O3/c26-20-15-27-31-23(14-21(29-25(20)31)19-8-4-5-9-22(19)32)28-17-10-12-30(13-11-17)24(33)16-34-18-6-2-1-3-7-18/h1-9,14-15,17,28,32H,10-13,16H2. The smallest absolute Gasteiger partial charge is 0.260 e. The fourth-order valence-corrected chi connectivity index (χ4v) is 4.45. The maximum atomic E-state index is 12.6. The van der Waals surface area contributed by atoms with Crippen LogP contribution in [0.15, 0.2) is 71.3 Å². The number of ether oxygens (including phenoxy) is 1. The second kappa shape index (κ2) is 9.72. The summed E-state index contributed by atoms with van der Waals surface area (Å²) in [5.41, 5.74) is 1.97. The normalized spacial score (nSPS) is 14.3. The maximum Gasteiger partial charge on any atom is 0.260 e. The minimum Gasteiger partial charge on any atom is -0.507 e. The van der Waals surface area contributed by atoms with Crippen LogP contribution in [0.4, 0.5) is 5.82 Å². The van der Waals surface area contributed by atoms with Gasteiger partial charge in [-0.05, 0) is 53.0 Å². The van der Waals surface area contributed by atoms with Crippen LogP contribution in [0.2, 0.25) is 0 Å². The zero-order chi connectivity index (χ0) is 23.5. The number of amides is 1. The van der Waals surface area contributed by atoms with Gasteiger partial charge in [-0.2, -0.15) is 9.61 Å². The van der Waals surface area contributed by atoms with Crippen LogP contribution in [-0.2, 0) is 4.79 Å². The van der Waals surface area contributed by atoms with E-state index >= 15 is 0 Å². The molecule has 9 heteroatoms. The molecule has 8 nitrogen and oxygen atoms in total. The van der Waals surface area contributed by atoms with Crippen molar-refractivity contribution in [2.45, 2.75) is 18.9 Å². The van der Waals surface area contributed by atoms with E-state index in [9.17, 15) is 9.90 Å². The monoisotopic (exact) mass is 521 g/mol. The number of phenolic OH excluding ortho intramolecular Hbond substituents is 1. The third-order valence-electron chi connectivity index (χ3n) is 5.91. The lowest BCUT2D eigenvalue weighted by atomic mass is 10.0. The number of aromatic nitrogens is 3. The molecule has 2 aromatic heterocycles. The fourth-order valence-electron chi connectivity index (χ4n) is 4.10. The zero-order valence-electron chi connectivity index (χ0n) is 18.4. The minimum absolute atomic E-state index is 0.00792. The first-order chi connectivity index (χ1) is 16.6. The molecule has 34 heavy (non-hydrogen) atoms. The first-order valence-electron chi connectivity index (χ1n) is 11.1. The lowest BCUT2D eigenvalue weighted by molar-refractivity contribution is -0.134. The summed E-state index contributed by atoms with van der Waals surface area (Å²) in [4.78, 5) is 19.1. The maximum absolute atomic E-state index is 12.6. The molecule has 0 atom stereocenters. The lowest BCUT2D eigenvalue weighted by Gasteiger charge is -2.33. The van der Waals surface area contributed by atoms with Crippen LogP contribution >= 0.6 is 15.9 Å². The Hall–Kier alpha value is -3.59. The van der Waals surface area contributed by atoms with Gasteiger partial charge in [-0.15, -0.1) is 0 Å². The summed E-state index contributed by atoms with van der Waals surface area (Å²) in [5.74, 6) is 1.64. The topological polar surface area (TPSA) is 92.0 Å². The van der Waals surface area contributed by atoms with Gasteiger partial charge in [-0.1, -0.05) is 30.3 Å². The third kappa shape index (κ3) is 4.70. The Morgan fingerprint density at radius 1 is 1.12 bits per heavy atom. The van der Waals surface area contributed by atoms with Crippen LogP contribution in [0.5, 0.6) is 11.5 Å². The van der Waals surface area contributed by atoms with E-state index < -0.39 is 0 Å². The molecule has 5 rings (SSSR count). The molecule has 0 bridgehead atoms. The summed E-state index contributed by atoms with van der Waals surface area (Å²) in [6.07, 6.45) is 3.31. The minimum atomic E-state index is -0.00792. The highest BCUT2D eigenvalue weighted by atomic mass is 79.9. The van der Waals surface area contributed by atoms with Crippen molar-refractivity contribution in [1.82, 2.24) is 19.5 Å². The average Bonchev–Trinajstić information content (AvgIpc) is 3.25. The van der Waals surface area contributed by atoms with Crippen LogP contribution in [0, 0.1) is 0 Å². The number of hydrogen-bond donors (Lipinski definition) is 2. The van der Waals surface area contributed by atoms with Gasteiger partial charge >= 0.3 is 0 Å². The van der Waals surface area contributed by atoms with Gasteiger partial charge in [0.25, 0.3) is 5.91 Å². The molecule has 0 aliphatic carbocycles. The van der Waals surface area contributed by atoms with Crippen molar-refractivity contribution in [3.8, 4) is 22.8 Å². The molecule has 2 N–H and O–H groups in total. The number of fused-ring (bicyclic) bond motifs is 1. The number of carbonyl (C=O) groups excluding carboxylic acids is 1. The molecule has 0 saturated carbocycles. The van der Waals surface area contributed by atoms with Gasteiger partial charge in [0.05, 0.1) is 16.4 Å². The number of phenols is 1. The Labute approximate surface area is 205 Å². The molecule has 2 aromatic carbocycles. The quantitative estimate of drug-likeness (QED) is 0.392. The summed E-state index contributed by atoms with van der Waals surface area (Å²) in [6.45, 7) is 1.34. The molecular weight excluding hydrogens is 498 g/mol. The highest BCUT2D eigenvalue weighted by Crippen LogP contribution is 2.31. The van der Waals surface area contributed by atoms with Gasteiger partial charge in [-0.25, -0.2) is 4.98 Å². The SMILES string of the molecule is O=C(COc1ccccc1)N1CCC(Nc2cc(-c3ccccc3O)nc3c(Br)cnn23)CC1. The highest BCUT2D eigenvalue weighted by molar-refractivity contribution is 9.10. The molecule has 174 valence electrons. The van der Waals surface area contributed by atoms with Gasteiger partial charge in [0, 0.05) is 30.8 Å². The van der Waals surface area contributed by atoms with Gasteiger partial charge < -0.3 is 20.1 Å². The van der Waals surface area contributed by atoms with E-state index in [1.165, 1.54) is 0 Å². The largest absolute Gasteiger partial charge is 0.507 e. The van der Waals surface area contributed by atoms with E-state index in [1.54, 1.807) is 22.8 Å². The van der Waals surface area contributed by atoms with E-state index in [0.717, 1.165) is 23.1 Å². The van der Waals surface area contributed by atoms with E-state index in [-0.39, 0.29) is 24.3 Å². The highest BCUT2D eigenvalue weighted by Gasteiger charge is 2.24. The van der Waals surface area contributed by atoms with E-state index in [2.05, 4.69) is 31.3 Å². The molecular formula is C25H24BrN5O3. The van der Waals surface area contributed by atoms with Crippen molar-refractivity contribution in [3.63, 3.8) is 0 Å². The number of aromatic hydroxyl groups is 1. The Balaban J connectivity index is 1.27.